The molecule has 0 radical (unpaired) electrons. The first-order chi connectivity index (χ1) is 70.2. The third-order valence-corrected chi connectivity index (χ3v) is 35.0. The largest absolute Gasteiger partial charge is 0.871 e. The summed E-state index contributed by atoms with van der Waals surface area (Å²) in [4.78, 5) is 67.2. The molecule has 0 unspecified atom stereocenters. The number of aromatic nitrogens is 1. The molecule has 26 heteroatoms. The minimum absolute atomic E-state index is 0. The molecule has 0 saturated carbocycles. The maximum Gasteiger partial charge on any atom is 0.192 e. The van der Waals surface area contributed by atoms with Crippen LogP contribution in [0, 0.1) is 0 Å². The molecule has 7 heterocycles. The third-order valence-electron chi connectivity index (χ3n) is 28.9. The summed E-state index contributed by atoms with van der Waals surface area (Å²) in [5, 5.41) is 62.6. The zero-order valence-corrected chi connectivity index (χ0v) is 88.1. The van der Waals surface area contributed by atoms with Crippen LogP contribution in [-0.4, -0.2) is 97.9 Å². The van der Waals surface area contributed by atoms with Crippen LogP contribution in [0.1, 0.15) is 159 Å². The van der Waals surface area contributed by atoms with Gasteiger partial charge >= 0.3 is 0 Å². The second-order valence-corrected chi connectivity index (χ2v) is 45.2. The van der Waals surface area contributed by atoms with E-state index in [9.17, 15) is 65.5 Å². The minimum Gasteiger partial charge on any atom is -0.871 e. The fourth-order valence-corrected chi connectivity index (χ4v) is 27.6. The van der Waals surface area contributed by atoms with E-state index in [0.29, 0.717) is 27.5 Å². The fourth-order valence-electron chi connectivity index (χ4n) is 21.9. The van der Waals surface area contributed by atoms with Gasteiger partial charge in [-0.2, -0.15) is 0 Å². The molecule has 752 valence electrons. The molecular formula is C121H112N6O14S6-6. The number of hydrogen-bond acceptors (Lipinski definition) is 23. The number of likely N-dealkylation sites (N-methyl/N-ethyl adjacent to an activating group) is 1. The van der Waals surface area contributed by atoms with Crippen molar-refractivity contribution in [3.8, 4) is 0 Å². The average molecular weight is 2070 g/mol. The first kappa shape index (κ1) is 103. The van der Waals surface area contributed by atoms with Gasteiger partial charge in [0, 0.05) is 163 Å². The number of allylic oxidation sites excluding steroid dienone is 16. The van der Waals surface area contributed by atoms with Crippen molar-refractivity contribution >= 4 is 194 Å². The van der Waals surface area contributed by atoms with Gasteiger partial charge in [0.05, 0.1) is 53.0 Å². The van der Waals surface area contributed by atoms with Crippen LogP contribution in [0.5, 0.6) is 0 Å². The Labute approximate surface area is 875 Å². The van der Waals surface area contributed by atoms with Gasteiger partial charge in [-0.3, -0.25) is 19.2 Å². The number of rotatable bonds is 24. The van der Waals surface area contributed by atoms with Crippen LogP contribution in [-0.2, 0) is 76.1 Å². The summed E-state index contributed by atoms with van der Waals surface area (Å²) >= 11 is 5.98. The second-order valence-electron chi connectivity index (χ2n) is 37.9. The number of para-hydroxylation sites is 5. The van der Waals surface area contributed by atoms with E-state index in [4.69, 9.17) is 0 Å². The highest BCUT2D eigenvalue weighted by Crippen LogP contribution is 2.57. The average Bonchev–Trinajstić information content (AvgIpc) is 1.56. The smallest absolute Gasteiger partial charge is 0.192 e. The molecular weight excluding hydrogens is 1950 g/mol. The molecule has 0 amide bonds. The number of thiophene rings is 2. The van der Waals surface area contributed by atoms with Gasteiger partial charge in [0.1, 0.15) is 5.82 Å². The Balaban J connectivity index is 0.000000129. The molecule has 10 aromatic carbocycles. The van der Waals surface area contributed by atoms with Crippen LogP contribution in [0.15, 0.2) is 353 Å². The first-order valence-electron chi connectivity index (χ1n) is 49.6. The lowest BCUT2D eigenvalue weighted by Gasteiger charge is -2.33. The molecule has 3 aromatic heterocycles. The number of carbonyl (C=O) groups excluding carboxylic acids is 4. The summed E-state index contributed by atoms with van der Waals surface area (Å²) in [6.45, 7) is 29.7. The van der Waals surface area contributed by atoms with Crippen molar-refractivity contribution in [2.45, 2.75) is 156 Å². The number of ketones is 4. The molecule has 0 atom stereocenters. The number of hydrogen-bond donors (Lipinski definition) is 0. The summed E-state index contributed by atoms with van der Waals surface area (Å²) in [5.41, 5.74) is 18.7. The number of nitrogens with zero attached hydrogens (tertiary/aromatic N) is 6. The Morgan fingerprint density at radius 2 is 0.782 bits per heavy atom. The number of Topliss-reactive ketones (excluding diaryl/α,β-unsaturated/α-hetero) is 4. The molecule has 22 rings (SSSR count). The molecule has 5 aliphatic carbocycles. The highest BCUT2D eigenvalue weighted by Gasteiger charge is 2.45. The zero-order chi connectivity index (χ0) is 103. The van der Waals surface area contributed by atoms with Crippen molar-refractivity contribution in [1.82, 2.24) is 4.57 Å². The number of fused-ring (bicyclic) bond motifs is 12. The quantitative estimate of drug-likeness (QED) is 0.0401. The van der Waals surface area contributed by atoms with E-state index in [1.165, 1.54) is 106 Å². The van der Waals surface area contributed by atoms with Crippen LogP contribution in [0.4, 0.5) is 28.4 Å². The monoisotopic (exact) mass is 2060 g/mol. The standard InChI is InChI=1S/C39H37NO2.C29H31N3O2.C27H25NO8S4.C25H21NO2S2.CH4/c1-7-25-28-19-17-23-13-9-11-15-26(23)34(28)38(3,4)31(25)21-29-36(41)30(37(29)42)22-33-39(5,6)35-27-16-12-10-14-24(27)18-20-32(35)40(33)8-2;1-5-19-20-13-9-10-14-23(20)30(6-2)26(19)17-21-28(33)22(29(21)34)18-27-31(7-3)24-15-11-12-16-25(24)32(27)8-4;29-26-19(15-24-18(8-5-13-39(31,32)33)17-7-1-3-10-22(17)37-24)27(30)20(26)16-25-28(12-6-14-40(34,35)36)21-9-2-4-11-23(21)38-25;1-3-15-16-9-5-7-11-20(16)29-22(15)13-17-24(27)18(25(17)28)14-23-26(4-2)19-10-6-8-12-21(19)30-23;/h9-22,41H,7-8H2,1-6H3;9-18,33H,5-8H2,1-4H3;1-4,7,9-11,15-16,29H,5-6,8,12-14H2,(H,31,32,33)(H,34,35,36);5-14,27H,3-4H2,1-2H3;1H4/p-6/b29-21?,33-22+;;19-15?,25-16-;17-13?,23-14-;. The lowest BCUT2D eigenvalue weighted by atomic mass is 9.76. The number of aryl methyl sites for hydroxylation is 4. The molecule has 0 saturated heterocycles. The summed E-state index contributed by atoms with van der Waals surface area (Å²) in [7, 11) is -8.74. The molecule has 0 fully saturated rings. The number of carbonyl (C=O) groups is 4. The lowest BCUT2D eigenvalue weighted by Crippen LogP contribution is -2.33. The van der Waals surface area contributed by atoms with Crippen LogP contribution in [0.3, 0.4) is 0 Å². The van der Waals surface area contributed by atoms with E-state index < -0.39 is 43.3 Å². The highest BCUT2D eigenvalue weighted by atomic mass is 32.2. The van der Waals surface area contributed by atoms with Crippen LogP contribution in [0.25, 0.3) is 76.4 Å². The van der Waals surface area contributed by atoms with Gasteiger partial charge < -0.3 is 58.6 Å². The van der Waals surface area contributed by atoms with Crippen molar-refractivity contribution in [2.75, 3.05) is 68.7 Å². The first-order valence-corrected chi connectivity index (χ1v) is 56.0. The van der Waals surface area contributed by atoms with Crippen LogP contribution >= 0.6 is 46.2 Å². The Morgan fingerprint density at radius 1 is 0.361 bits per heavy atom. The summed E-state index contributed by atoms with van der Waals surface area (Å²) in [5.74, 6) is -1.95. The third kappa shape index (κ3) is 18.7. The Bertz CT molecular complexity index is 8330. The molecule has 13 aromatic rings. The van der Waals surface area contributed by atoms with Gasteiger partial charge in [0.25, 0.3) is 0 Å². The minimum atomic E-state index is -4.38. The van der Waals surface area contributed by atoms with Gasteiger partial charge in [0.15, 0.2) is 23.1 Å². The van der Waals surface area contributed by atoms with Gasteiger partial charge in [0.2, 0.25) is 0 Å². The number of benzene rings is 10. The van der Waals surface area contributed by atoms with E-state index in [2.05, 4.69) is 229 Å². The van der Waals surface area contributed by atoms with E-state index in [1.54, 1.807) is 46.2 Å². The van der Waals surface area contributed by atoms with Crippen molar-refractivity contribution < 1.29 is 65.5 Å². The highest BCUT2D eigenvalue weighted by molar-refractivity contribution is 8.04. The lowest BCUT2D eigenvalue weighted by molar-refractivity contribution is -0.301. The van der Waals surface area contributed by atoms with Crippen molar-refractivity contribution in [3.05, 3.63) is 392 Å². The maximum atomic E-state index is 13.7. The van der Waals surface area contributed by atoms with Crippen LogP contribution in [0.2, 0.25) is 0 Å². The van der Waals surface area contributed by atoms with Crippen molar-refractivity contribution in [3.63, 3.8) is 0 Å². The van der Waals surface area contributed by atoms with Gasteiger partial charge in [-0.25, -0.2) is 16.8 Å². The molecule has 0 spiro atoms. The Hall–Kier alpha value is -13.8. The molecule has 147 heavy (non-hydrogen) atoms. The van der Waals surface area contributed by atoms with Crippen molar-refractivity contribution in [2.24, 2.45) is 0 Å². The summed E-state index contributed by atoms with van der Waals surface area (Å²) in [6, 6.07) is 73.4. The normalized spacial score (nSPS) is 18.4. The van der Waals surface area contributed by atoms with Crippen LogP contribution < -0.4 is 44.9 Å². The Kier molecular flexibility index (Phi) is 29.1. The van der Waals surface area contributed by atoms with E-state index in [-0.39, 0.29) is 106 Å². The molecule has 0 bridgehead atoms. The topological polar surface area (TPSA) is 296 Å². The summed E-state index contributed by atoms with van der Waals surface area (Å²) in [6.07, 6.45) is 17.0. The number of anilines is 5. The fraction of sp³-hybridized carbons (Fsp3) is 0.240. The van der Waals surface area contributed by atoms with Gasteiger partial charge in [-0.15, -0.1) is 22.7 Å². The Morgan fingerprint density at radius 3 is 1.29 bits per heavy atom. The van der Waals surface area contributed by atoms with E-state index >= 15 is 0 Å². The second kappa shape index (κ2) is 41.5. The number of thioether (sulfide) groups is 2. The van der Waals surface area contributed by atoms with E-state index in [1.807, 2.05) is 115 Å². The van der Waals surface area contributed by atoms with Crippen molar-refractivity contribution in [1.29, 1.82) is 0 Å². The predicted molar refractivity (Wildman–Crippen MR) is 593 cm³/mol. The van der Waals surface area contributed by atoms with Gasteiger partial charge in [-0.1, -0.05) is 260 Å². The van der Waals surface area contributed by atoms with Gasteiger partial charge in [-0.05, 0) is 259 Å². The molecule has 0 N–H and O–H groups in total. The maximum absolute atomic E-state index is 13.7. The summed E-state index contributed by atoms with van der Waals surface area (Å²) < 4.78 is 70.8. The zero-order valence-electron chi connectivity index (χ0n) is 83.2. The molecule has 4 aliphatic heterocycles. The molecule has 20 nitrogen and oxygen atoms in total. The predicted octanol–water partition coefficient (Wildman–Crippen LogP) is 22.8. The molecule has 9 aliphatic rings. The van der Waals surface area contributed by atoms with E-state index in [0.717, 1.165) is 144 Å². The SMILES string of the molecule is C.CCC1=C(C=C2C(=O)C(/C=C3/N(CC)c4ccc5ccccc5c4C3(C)C)=C2[O-])C(C)(C)c2c1ccc1ccccc21.CCc1c(C=C2C(=O)C(/C=C3\Sc4ccccc4N3CC)=C2[O-])sc2ccccc12.CCc1c(C=C2C(=O)C(C=C3N(CC)c4ccccc4N3CC)=C2[O-])n(CC)c2ccccc12.O=C1C(=Cc2sc3ccccc3c2CCCS(=O)(=O)[O-])C([O-])=C1/C=C1\Sc2ccccc2N1CCCS(=O)(=O)[O-].